The monoisotopic (exact) mass is 1080 g/mol. The molecule has 0 fully saturated rings. The molecule has 12 aromatic rings. The SMILES string of the molecule is [2H]C([2H])([2H])c1ccnc(-n2c3[c-]c(Oc4[c-]c(N5[CH-]N(c6c7c(c(-c8ccccc8)c8c9ccccc9n(C([2H])([2H])[2H])c68)c6ccccc6n7C([2H])([2H])[2H])c6ccccc65)cc(C(C)(C)C)c4)ccc3c3ccccc32)c1.[Pt]. The van der Waals surface area contributed by atoms with Gasteiger partial charge in [-0.25, -0.2) is 4.98 Å². The number of aryl methyl sites for hydroxylation is 3. The van der Waals surface area contributed by atoms with Gasteiger partial charge < -0.3 is 28.2 Å². The van der Waals surface area contributed by atoms with Gasteiger partial charge in [-0.2, -0.15) is 6.07 Å². The van der Waals surface area contributed by atoms with E-state index in [1.807, 2.05) is 167 Å². The molecule has 0 saturated heterocycles. The van der Waals surface area contributed by atoms with E-state index in [1.165, 1.54) is 21.4 Å². The van der Waals surface area contributed by atoms with E-state index in [0.29, 0.717) is 83.5 Å². The third-order valence-electron chi connectivity index (χ3n) is 13.3. The van der Waals surface area contributed by atoms with Crippen molar-refractivity contribution < 1.29 is 38.1 Å². The topological polar surface area (TPSA) is 43.4 Å². The second kappa shape index (κ2) is 16.0. The maximum atomic E-state index is 9.26. The molecule has 0 bridgehead atoms. The molecule has 0 saturated carbocycles. The zero-order chi connectivity index (χ0) is 53.5. The number of benzene rings is 8. The van der Waals surface area contributed by atoms with Crippen molar-refractivity contribution in [2.45, 2.75) is 33.0 Å². The van der Waals surface area contributed by atoms with Crippen molar-refractivity contribution in [1.29, 1.82) is 0 Å². The molecule has 0 atom stereocenters. The van der Waals surface area contributed by atoms with Gasteiger partial charge in [-0.05, 0) is 71.2 Å². The van der Waals surface area contributed by atoms with Gasteiger partial charge in [0.05, 0.1) is 16.7 Å². The predicted molar refractivity (Wildman–Crippen MR) is 281 cm³/mol. The van der Waals surface area contributed by atoms with Crippen LogP contribution in [0.4, 0.5) is 22.7 Å². The summed E-state index contributed by atoms with van der Waals surface area (Å²) in [6.45, 7) is 0.453. The molecule has 8 aromatic carbocycles. The van der Waals surface area contributed by atoms with Gasteiger partial charge >= 0.3 is 0 Å². The normalized spacial score (nSPS) is 15.3. The van der Waals surface area contributed by atoms with E-state index >= 15 is 0 Å². The summed E-state index contributed by atoms with van der Waals surface area (Å²) in [5.74, 6) is 1.20. The Kier molecular flexibility index (Phi) is 7.84. The van der Waals surface area contributed by atoms with Crippen molar-refractivity contribution in [2.75, 3.05) is 9.80 Å². The van der Waals surface area contributed by atoms with Gasteiger partial charge in [0.1, 0.15) is 5.82 Å². The fraction of sp³-hybridized carbons (Fsp3) is 0.115. The summed E-state index contributed by atoms with van der Waals surface area (Å²) in [4.78, 5) is 8.55. The summed E-state index contributed by atoms with van der Waals surface area (Å²) >= 11 is 0. The van der Waals surface area contributed by atoms with Crippen molar-refractivity contribution in [1.82, 2.24) is 18.7 Å². The summed E-state index contributed by atoms with van der Waals surface area (Å²) in [7, 11) is 0. The van der Waals surface area contributed by atoms with Crippen molar-refractivity contribution in [2.24, 2.45) is 14.0 Å². The first-order valence-electron chi connectivity index (χ1n) is 27.0. The van der Waals surface area contributed by atoms with Crippen molar-refractivity contribution in [3.8, 4) is 28.4 Å². The van der Waals surface area contributed by atoms with Crippen LogP contribution in [-0.4, -0.2) is 18.7 Å². The number of fused-ring (bicyclic) bond motifs is 10. The van der Waals surface area contributed by atoms with Gasteiger partial charge in [-0.3, -0.25) is 0 Å². The molecule has 0 unspecified atom stereocenters. The summed E-state index contributed by atoms with van der Waals surface area (Å²) < 4.78 is 91.4. The van der Waals surface area contributed by atoms with Crippen LogP contribution in [0.1, 0.15) is 44.2 Å². The van der Waals surface area contributed by atoms with Crippen LogP contribution in [-0.2, 0) is 40.4 Å². The Balaban J connectivity index is 0.00000609. The molecule has 0 radical (unpaired) electrons. The molecule has 0 aliphatic carbocycles. The molecule has 0 spiro atoms. The van der Waals surface area contributed by atoms with Gasteiger partial charge in [-0.15, -0.1) is 53.6 Å². The van der Waals surface area contributed by atoms with Crippen molar-refractivity contribution in [3.63, 3.8) is 0 Å². The molecule has 8 heteroatoms. The van der Waals surface area contributed by atoms with Crippen molar-refractivity contribution >= 4 is 88.2 Å². The number of hydrogen-bond donors (Lipinski definition) is 0. The second-order valence-electron chi connectivity index (χ2n) is 18.4. The largest absolute Gasteiger partial charge is 0.509 e. The van der Waals surface area contributed by atoms with Crippen LogP contribution in [0.3, 0.4) is 0 Å². The Morgan fingerprint density at radius 2 is 1.22 bits per heavy atom. The number of ether oxygens (including phenoxy) is 1. The third kappa shape index (κ3) is 6.55. The first-order chi connectivity index (χ1) is 36.8. The van der Waals surface area contributed by atoms with Gasteiger partial charge in [0.15, 0.2) is 0 Å². The van der Waals surface area contributed by atoms with Gasteiger partial charge in [0, 0.05) is 120 Å². The van der Waals surface area contributed by atoms with E-state index in [4.69, 9.17) is 8.85 Å². The Morgan fingerprint density at radius 3 is 1.88 bits per heavy atom. The van der Waals surface area contributed by atoms with E-state index in [-0.39, 0.29) is 26.6 Å². The first kappa shape index (κ1) is 33.8. The van der Waals surface area contributed by atoms with Crippen LogP contribution in [0.5, 0.6) is 11.5 Å². The molecule has 0 N–H and O–H groups in total. The summed E-state index contributed by atoms with van der Waals surface area (Å²) in [6, 6.07) is 58.4. The molecular weight excluding hydrogens is 1030 g/mol. The van der Waals surface area contributed by atoms with E-state index in [2.05, 4.69) is 44.0 Å². The zero-order valence-corrected chi connectivity index (χ0v) is 39.9. The van der Waals surface area contributed by atoms with E-state index in [1.54, 1.807) is 6.07 Å². The molecule has 0 amide bonds. The zero-order valence-electron chi connectivity index (χ0n) is 46.7. The summed E-state index contributed by atoms with van der Waals surface area (Å²) in [6.07, 6.45) is 1.51. The van der Waals surface area contributed by atoms with Crippen LogP contribution in [0.25, 0.3) is 82.4 Å². The number of hydrogen-bond acceptors (Lipinski definition) is 4. The fourth-order valence-corrected chi connectivity index (χ4v) is 10.3. The minimum absolute atomic E-state index is 0. The maximum Gasteiger partial charge on any atom is 0.135 e. The first-order valence-corrected chi connectivity index (χ1v) is 22.5. The van der Waals surface area contributed by atoms with E-state index in [0.717, 1.165) is 38.7 Å². The van der Waals surface area contributed by atoms with Crippen LogP contribution in [0, 0.1) is 25.7 Å². The smallest absolute Gasteiger partial charge is 0.135 e. The van der Waals surface area contributed by atoms with Gasteiger partial charge in [0.25, 0.3) is 0 Å². The second-order valence-corrected chi connectivity index (χ2v) is 18.4. The molecular formula is C61H47N6OPt-3. The molecule has 4 aromatic heterocycles. The van der Waals surface area contributed by atoms with Crippen molar-refractivity contribution in [3.05, 3.63) is 200 Å². The molecule has 1 aliphatic heterocycles. The van der Waals surface area contributed by atoms with Gasteiger partial charge in [0.2, 0.25) is 0 Å². The standard InChI is InChI=1S/C61H47N6O.Pt/c1-38-30-31-62-54(32-38)67-50-25-15-10-20-44(50)45-29-28-42(36-53(45)67)68-43-34-40(61(2,3)4)33-41(35-43)65-37-66(52-27-17-16-26-51(52)65)60-58-56(46-21-11-13-23-48(46)63(58)5)55(39-18-8-7-9-19-39)57-47-22-12-14-24-49(47)64(6)59(57)60;/h7-34,37H,1-6H3;/q-3;/i1D3,5D3,6D3;. The Hall–Kier alpha value is -7.60. The third-order valence-corrected chi connectivity index (χ3v) is 13.3. The number of aromatic nitrogens is 4. The van der Waals surface area contributed by atoms with E-state index < -0.39 is 26.2 Å². The maximum absolute atomic E-state index is 9.26. The predicted octanol–water partition coefficient (Wildman–Crippen LogP) is 15.5. The molecule has 340 valence electrons. The minimum atomic E-state index is -2.72. The molecule has 13 rings (SSSR count). The number of anilines is 4. The quantitative estimate of drug-likeness (QED) is 0.156. The van der Waals surface area contributed by atoms with Crippen LogP contribution >= 0.6 is 0 Å². The van der Waals surface area contributed by atoms with Crippen LogP contribution < -0.4 is 14.5 Å². The number of para-hydroxylation sites is 5. The fourth-order valence-electron chi connectivity index (χ4n) is 10.3. The average Bonchev–Trinajstić information content (AvgIpc) is 2.82. The molecule has 1 aliphatic rings. The van der Waals surface area contributed by atoms with Crippen LogP contribution in [0.15, 0.2) is 170 Å². The van der Waals surface area contributed by atoms with E-state index in [9.17, 15) is 8.22 Å². The number of nitrogens with zero attached hydrogens (tertiary/aromatic N) is 6. The summed E-state index contributed by atoms with van der Waals surface area (Å²) in [5, 5.41) is 4.58. The van der Waals surface area contributed by atoms with Gasteiger partial charge in [-0.1, -0.05) is 123 Å². The minimum Gasteiger partial charge on any atom is -0.509 e. The molecule has 7 nitrogen and oxygen atoms in total. The Morgan fingerprint density at radius 1 is 0.594 bits per heavy atom. The molecule has 5 heterocycles. The average molecular weight is 1080 g/mol. The Bertz CT molecular complexity index is 4270. The van der Waals surface area contributed by atoms with Crippen LogP contribution in [0.2, 0.25) is 0 Å². The number of pyridine rings is 1. The summed E-state index contributed by atoms with van der Waals surface area (Å²) in [5.41, 5.74) is 7.73. The Labute approximate surface area is 428 Å². The molecule has 69 heavy (non-hydrogen) atoms. The number of rotatable bonds is 6.